The lowest BCUT2D eigenvalue weighted by Crippen LogP contribution is -2.24. The molecule has 1 aromatic heterocycles. The van der Waals surface area contributed by atoms with Crippen molar-refractivity contribution < 1.29 is 14.3 Å². The number of hydrogen-bond donors (Lipinski definition) is 2. The highest BCUT2D eigenvalue weighted by Crippen LogP contribution is 2.34. The standard InChI is InChI=1S/C21H19N3O4/c1-28-18-9-8-13(11-17(18)24-10-4-7-20(24)26)22-21(27)15-12-19(25)23-16-6-3-2-5-14(15)16/h2-3,5-6,8-9,11-12H,4,7,10H2,1H3,(H,22,27)(H,23,25). The van der Waals surface area contributed by atoms with Gasteiger partial charge < -0.3 is 19.9 Å². The van der Waals surface area contributed by atoms with Crippen molar-refractivity contribution in [3.05, 3.63) is 64.4 Å². The quantitative estimate of drug-likeness (QED) is 0.731. The maximum absolute atomic E-state index is 12.9. The predicted molar refractivity (Wildman–Crippen MR) is 107 cm³/mol. The van der Waals surface area contributed by atoms with Crippen molar-refractivity contribution in [1.29, 1.82) is 0 Å². The third kappa shape index (κ3) is 3.22. The minimum Gasteiger partial charge on any atom is -0.495 e. The third-order valence-corrected chi connectivity index (χ3v) is 4.80. The molecule has 0 saturated carbocycles. The molecule has 7 nitrogen and oxygen atoms in total. The molecule has 7 heteroatoms. The Morgan fingerprint density at radius 3 is 2.71 bits per heavy atom. The summed E-state index contributed by atoms with van der Waals surface area (Å²) in [6.07, 6.45) is 1.29. The number of anilines is 2. The van der Waals surface area contributed by atoms with Crippen LogP contribution in [0.15, 0.2) is 53.3 Å². The molecule has 0 atom stereocenters. The van der Waals surface area contributed by atoms with E-state index in [-0.39, 0.29) is 17.0 Å². The molecular formula is C21H19N3O4. The fourth-order valence-electron chi connectivity index (χ4n) is 3.47. The van der Waals surface area contributed by atoms with Crippen molar-refractivity contribution in [1.82, 2.24) is 4.98 Å². The molecule has 0 bridgehead atoms. The summed E-state index contributed by atoms with van der Waals surface area (Å²) >= 11 is 0. The fourth-order valence-corrected chi connectivity index (χ4v) is 3.47. The Labute approximate surface area is 160 Å². The first-order valence-corrected chi connectivity index (χ1v) is 8.98. The number of H-pyrrole nitrogens is 1. The second-order valence-corrected chi connectivity index (χ2v) is 6.58. The first-order valence-electron chi connectivity index (χ1n) is 8.98. The van der Waals surface area contributed by atoms with Crippen LogP contribution in [0.25, 0.3) is 10.9 Å². The maximum Gasteiger partial charge on any atom is 0.256 e. The van der Waals surface area contributed by atoms with Crippen LogP contribution in [-0.4, -0.2) is 30.5 Å². The van der Waals surface area contributed by atoms with Gasteiger partial charge in [-0.15, -0.1) is 0 Å². The number of carbonyl (C=O) groups is 2. The van der Waals surface area contributed by atoms with Crippen LogP contribution in [0.3, 0.4) is 0 Å². The van der Waals surface area contributed by atoms with Crippen molar-refractivity contribution in [2.75, 3.05) is 23.9 Å². The van der Waals surface area contributed by atoms with Gasteiger partial charge in [-0.1, -0.05) is 18.2 Å². The number of aromatic amines is 1. The number of benzene rings is 2. The van der Waals surface area contributed by atoms with Crippen LogP contribution in [0.4, 0.5) is 11.4 Å². The zero-order chi connectivity index (χ0) is 19.7. The van der Waals surface area contributed by atoms with E-state index >= 15 is 0 Å². The van der Waals surface area contributed by atoms with Crippen molar-refractivity contribution in [3.63, 3.8) is 0 Å². The lowest BCUT2D eigenvalue weighted by molar-refractivity contribution is -0.117. The maximum atomic E-state index is 12.9. The summed E-state index contributed by atoms with van der Waals surface area (Å²) in [5, 5.41) is 3.48. The Balaban J connectivity index is 1.69. The number of rotatable bonds is 4. The normalized spacial score (nSPS) is 13.8. The molecule has 2 amide bonds. The second-order valence-electron chi connectivity index (χ2n) is 6.58. The number of nitrogens with zero attached hydrogens (tertiary/aromatic N) is 1. The van der Waals surface area contributed by atoms with Gasteiger partial charge in [-0.05, 0) is 30.7 Å². The zero-order valence-corrected chi connectivity index (χ0v) is 15.3. The molecule has 0 aliphatic carbocycles. The lowest BCUT2D eigenvalue weighted by Gasteiger charge is -2.20. The van der Waals surface area contributed by atoms with Gasteiger partial charge in [0.1, 0.15) is 5.75 Å². The third-order valence-electron chi connectivity index (χ3n) is 4.80. The average molecular weight is 377 g/mol. The molecule has 3 aromatic rings. The molecule has 28 heavy (non-hydrogen) atoms. The molecule has 2 aromatic carbocycles. The topological polar surface area (TPSA) is 91.5 Å². The molecule has 1 fully saturated rings. The van der Waals surface area contributed by atoms with E-state index in [1.807, 2.05) is 6.07 Å². The molecule has 1 aliphatic rings. The van der Waals surface area contributed by atoms with Crippen molar-refractivity contribution >= 4 is 34.1 Å². The van der Waals surface area contributed by atoms with Gasteiger partial charge in [0.15, 0.2) is 0 Å². The van der Waals surface area contributed by atoms with Crippen molar-refractivity contribution in [2.24, 2.45) is 0 Å². The second kappa shape index (κ2) is 7.19. The van der Waals surface area contributed by atoms with Gasteiger partial charge >= 0.3 is 0 Å². The van der Waals surface area contributed by atoms with Gasteiger partial charge in [0, 0.05) is 35.6 Å². The van der Waals surface area contributed by atoms with E-state index in [1.54, 1.807) is 48.4 Å². The number of nitrogens with one attached hydrogen (secondary N) is 2. The summed E-state index contributed by atoms with van der Waals surface area (Å²) in [5.74, 6) is 0.198. The molecule has 2 heterocycles. The smallest absolute Gasteiger partial charge is 0.256 e. The highest BCUT2D eigenvalue weighted by Gasteiger charge is 2.25. The number of methoxy groups -OCH3 is 1. The summed E-state index contributed by atoms with van der Waals surface area (Å²) < 4.78 is 5.37. The minimum atomic E-state index is -0.397. The van der Waals surface area contributed by atoms with Crippen LogP contribution in [0.5, 0.6) is 5.75 Å². The molecular weight excluding hydrogens is 358 g/mol. The Hall–Kier alpha value is -3.61. The first kappa shape index (κ1) is 17.8. The summed E-state index contributed by atoms with van der Waals surface area (Å²) in [4.78, 5) is 41.3. The zero-order valence-electron chi connectivity index (χ0n) is 15.3. The number of para-hydroxylation sites is 1. The van der Waals surface area contributed by atoms with E-state index in [9.17, 15) is 14.4 Å². The van der Waals surface area contributed by atoms with Crippen molar-refractivity contribution in [3.8, 4) is 5.75 Å². The Morgan fingerprint density at radius 1 is 1.14 bits per heavy atom. The monoisotopic (exact) mass is 377 g/mol. The Kier molecular flexibility index (Phi) is 4.57. The largest absolute Gasteiger partial charge is 0.495 e. The van der Waals surface area contributed by atoms with E-state index in [0.29, 0.717) is 41.0 Å². The van der Waals surface area contributed by atoms with Crippen LogP contribution in [0.2, 0.25) is 0 Å². The van der Waals surface area contributed by atoms with Gasteiger partial charge in [0.2, 0.25) is 11.5 Å². The highest BCUT2D eigenvalue weighted by molar-refractivity contribution is 6.12. The van der Waals surface area contributed by atoms with Crippen molar-refractivity contribution in [2.45, 2.75) is 12.8 Å². The Morgan fingerprint density at radius 2 is 1.96 bits per heavy atom. The average Bonchev–Trinajstić information content (AvgIpc) is 3.13. The van der Waals surface area contributed by atoms with Gasteiger partial charge in [0.05, 0.1) is 18.4 Å². The van der Waals surface area contributed by atoms with Gasteiger partial charge in [-0.25, -0.2) is 0 Å². The van der Waals surface area contributed by atoms with E-state index in [1.165, 1.54) is 6.07 Å². The van der Waals surface area contributed by atoms with Gasteiger partial charge in [-0.2, -0.15) is 0 Å². The predicted octanol–water partition coefficient (Wildman–Crippen LogP) is 2.92. The van der Waals surface area contributed by atoms with E-state index in [2.05, 4.69) is 10.3 Å². The summed E-state index contributed by atoms with van der Waals surface area (Å²) in [5.41, 5.74) is 1.68. The number of hydrogen-bond acceptors (Lipinski definition) is 4. The van der Waals surface area contributed by atoms with Crippen LogP contribution >= 0.6 is 0 Å². The van der Waals surface area contributed by atoms with Crippen LogP contribution in [0.1, 0.15) is 23.2 Å². The van der Waals surface area contributed by atoms with E-state index < -0.39 is 5.91 Å². The fraction of sp³-hybridized carbons (Fsp3) is 0.190. The number of fused-ring (bicyclic) bond motifs is 1. The number of carbonyl (C=O) groups excluding carboxylic acids is 2. The van der Waals surface area contributed by atoms with E-state index in [0.717, 1.165) is 6.42 Å². The number of ether oxygens (including phenoxy) is 1. The van der Waals surface area contributed by atoms with Gasteiger partial charge in [-0.3, -0.25) is 14.4 Å². The lowest BCUT2D eigenvalue weighted by atomic mass is 10.1. The SMILES string of the molecule is COc1ccc(NC(=O)c2cc(=O)[nH]c3ccccc23)cc1N1CCCC1=O. The molecule has 4 rings (SSSR count). The molecule has 142 valence electrons. The summed E-state index contributed by atoms with van der Waals surface area (Å²) in [6.45, 7) is 0.616. The molecule has 1 aliphatic heterocycles. The molecule has 0 unspecified atom stereocenters. The van der Waals surface area contributed by atoms with Crippen LogP contribution < -0.4 is 20.5 Å². The molecule has 1 saturated heterocycles. The number of amides is 2. The molecule has 0 spiro atoms. The minimum absolute atomic E-state index is 0.0300. The highest BCUT2D eigenvalue weighted by atomic mass is 16.5. The molecule has 2 N–H and O–H groups in total. The first-order chi connectivity index (χ1) is 13.6. The summed E-state index contributed by atoms with van der Waals surface area (Å²) in [6, 6.07) is 13.6. The number of pyridine rings is 1. The van der Waals surface area contributed by atoms with Gasteiger partial charge in [0.25, 0.3) is 5.91 Å². The van der Waals surface area contributed by atoms with Crippen LogP contribution in [0, 0.1) is 0 Å². The van der Waals surface area contributed by atoms with E-state index in [4.69, 9.17) is 4.74 Å². The van der Waals surface area contributed by atoms with Crippen LogP contribution in [-0.2, 0) is 4.79 Å². The number of aromatic nitrogens is 1. The Bertz CT molecular complexity index is 1140. The summed E-state index contributed by atoms with van der Waals surface area (Å²) in [7, 11) is 1.54. The molecule has 0 radical (unpaired) electrons.